The van der Waals surface area contributed by atoms with Gasteiger partial charge in [0.2, 0.25) is 11.8 Å². The molecular formula is C20H22N2O6. The monoisotopic (exact) mass is 386 g/mol. The number of amides is 2. The van der Waals surface area contributed by atoms with Crippen LogP contribution >= 0.6 is 0 Å². The van der Waals surface area contributed by atoms with Gasteiger partial charge in [0.25, 0.3) is 0 Å². The summed E-state index contributed by atoms with van der Waals surface area (Å²) < 4.78 is 0. The SMILES string of the molecule is CC(=O)N[C@@H](C(=O)O)c1ccccc1.CC(=O)N[C@H](C(=O)O)c1ccccc1. The van der Waals surface area contributed by atoms with Gasteiger partial charge < -0.3 is 20.8 Å². The van der Waals surface area contributed by atoms with Gasteiger partial charge in [-0.05, 0) is 11.1 Å². The Labute approximate surface area is 162 Å². The van der Waals surface area contributed by atoms with Crippen LogP contribution in [0.5, 0.6) is 0 Å². The van der Waals surface area contributed by atoms with E-state index in [0.717, 1.165) is 0 Å². The van der Waals surface area contributed by atoms with Crippen LogP contribution in [-0.4, -0.2) is 34.0 Å². The summed E-state index contributed by atoms with van der Waals surface area (Å²) in [5, 5.41) is 22.4. The van der Waals surface area contributed by atoms with Crippen molar-refractivity contribution in [1.29, 1.82) is 0 Å². The van der Waals surface area contributed by atoms with Crippen LogP contribution in [0.3, 0.4) is 0 Å². The van der Waals surface area contributed by atoms with E-state index in [9.17, 15) is 19.2 Å². The van der Waals surface area contributed by atoms with Crippen molar-refractivity contribution in [2.75, 3.05) is 0 Å². The number of rotatable bonds is 6. The summed E-state index contributed by atoms with van der Waals surface area (Å²) in [7, 11) is 0. The Morgan fingerprint density at radius 1 is 0.643 bits per heavy atom. The molecule has 0 aliphatic rings. The van der Waals surface area contributed by atoms with Gasteiger partial charge in [0.15, 0.2) is 12.1 Å². The molecule has 0 bridgehead atoms. The fourth-order valence-electron chi connectivity index (χ4n) is 2.27. The van der Waals surface area contributed by atoms with Crippen LogP contribution < -0.4 is 10.6 Å². The summed E-state index contributed by atoms with van der Waals surface area (Å²) >= 11 is 0. The predicted molar refractivity (Wildman–Crippen MR) is 101 cm³/mol. The maximum Gasteiger partial charge on any atom is 0.330 e. The van der Waals surface area contributed by atoms with Crippen molar-refractivity contribution in [3.8, 4) is 0 Å². The van der Waals surface area contributed by atoms with E-state index in [2.05, 4.69) is 10.6 Å². The van der Waals surface area contributed by atoms with Gasteiger partial charge in [0, 0.05) is 13.8 Å². The minimum absolute atomic E-state index is 0.360. The Hall–Kier alpha value is -3.68. The highest BCUT2D eigenvalue weighted by atomic mass is 16.4. The average Bonchev–Trinajstić information content (AvgIpc) is 2.65. The molecule has 0 aliphatic heterocycles. The molecule has 0 saturated carbocycles. The van der Waals surface area contributed by atoms with E-state index in [1.54, 1.807) is 60.7 Å². The Bertz CT molecular complexity index is 738. The second-order valence-corrected chi connectivity index (χ2v) is 5.76. The fraction of sp³-hybridized carbons (Fsp3) is 0.200. The molecule has 2 atom stereocenters. The molecule has 2 amide bonds. The molecular weight excluding hydrogens is 364 g/mol. The van der Waals surface area contributed by atoms with E-state index in [1.807, 2.05) is 0 Å². The summed E-state index contributed by atoms with van der Waals surface area (Å²) in [5.74, 6) is -2.85. The fourth-order valence-corrected chi connectivity index (χ4v) is 2.27. The first-order valence-electron chi connectivity index (χ1n) is 8.32. The lowest BCUT2D eigenvalue weighted by Gasteiger charge is -2.12. The van der Waals surface area contributed by atoms with E-state index in [1.165, 1.54) is 13.8 Å². The normalized spacial score (nSPS) is 11.8. The van der Waals surface area contributed by atoms with Crippen molar-refractivity contribution >= 4 is 23.8 Å². The average molecular weight is 386 g/mol. The quantitative estimate of drug-likeness (QED) is 0.599. The third-order valence-electron chi connectivity index (χ3n) is 3.45. The van der Waals surface area contributed by atoms with Crippen LogP contribution in [-0.2, 0) is 19.2 Å². The summed E-state index contributed by atoms with van der Waals surface area (Å²) in [6.45, 7) is 2.58. The van der Waals surface area contributed by atoms with Crippen LogP contribution in [0.25, 0.3) is 0 Å². The van der Waals surface area contributed by atoms with E-state index in [-0.39, 0.29) is 11.8 Å². The molecule has 148 valence electrons. The molecule has 2 aromatic carbocycles. The first-order valence-corrected chi connectivity index (χ1v) is 8.32. The maximum absolute atomic E-state index is 10.8. The van der Waals surface area contributed by atoms with Crippen LogP contribution in [0.2, 0.25) is 0 Å². The van der Waals surface area contributed by atoms with Crippen molar-refractivity contribution in [2.24, 2.45) is 0 Å². The molecule has 0 heterocycles. The molecule has 8 heteroatoms. The molecule has 0 fully saturated rings. The number of hydrogen-bond acceptors (Lipinski definition) is 4. The Morgan fingerprint density at radius 2 is 0.929 bits per heavy atom. The molecule has 2 rings (SSSR count). The number of benzene rings is 2. The first kappa shape index (κ1) is 22.4. The minimum atomic E-state index is -1.06. The lowest BCUT2D eigenvalue weighted by molar-refractivity contribution is -0.142. The Kier molecular flexibility index (Phi) is 8.88. The summed E-state index contributed by atoms with van der Waals surface area (Å²) in [6.07, 6.45) is 0. The molecule has 0 radical (unpaired) electrons. The van der Waals surface area contributed by atoms with E-state index in [0.29, 0.717) is 11.1 Å². The largest absolute Gasteiger partial charge is 0.479 e. The number of carboxylic acids is 2. The highest BCUT2D eigenvalue weighted by molar-refractivity contribution is 5.83. The second kappa shape index (κ2) is 11.1. The minimum Gasteiger partial charge on any atom is -0.479 e. The van der Waals surface area contributed by atoms with Gasteiger partial charge in [-0.1, -0.05) is 60.7 Å². The maximum atomic E-state index is 10.8. The van der Waals surface area contributed by atoms with Gasteiger partial charge in [-0.2, -0.15) is 0 Å². The molecule has 28 heavy (non-hydrogen) atoms. The van der Waals surface area contributed by atoms with Crippen LogP contribution in [0, 0.1) is 0 Å². The zero-order valence-electron chi connectivity index (χ0n) is 15.5. The molecule has 4 N–H and O–H groups in total. The third-order valence-corrected chi connectivity index (χ3v) is 3.45. The van der Waals surface area contributed by atoms with Gasteiger partial charge in [0.1, 0.15) is 0 Å². The van der Waals surface area contributed by atoms with Gasteiger partial charge in [-0.15, -0.1) is 0 Å². The van der Waals surface area contributed by atoms with Gasteiger partial charge in [-0.3, -0.25) is 9.59 Å². The van der Waals surface area contributed by atoms with E-state index < -0.39 is 24.0 Å². The highest BCUT2D eigenvalue weighted by Crippen LogP contribution is 2.13. The Balaban J connectivity index is 0.000000280. The topological polar surface area (TPSA) is 133 Å². The highest BCUT2D eigenvalue weighted by Gasteiger charge is 2.20. The van der Waals surface area contributed by atoms with Gasteiger partial charge in [0.05, 0.1) is 0 Å². The van der Waals surface area contributed by atoms with Crippen LogP contribution in [0.4, 0.5) is 0 Å². The van der Waals surface area contributed by atoms with Crippen LogP contribution in [0.1, 0.15) is 37.1 Å². The number of nitrogens with one attached hydrogen (secondary N) is 2. The lowest BCUT2D eigenvalue weighted by atomic mass is 10.1. The van der Waals surface area contributed by atoms with Crippen molar-refractivity contribution < 1.29 is 29.4 Å². The molecule has 0 spiro atoms. The van der Waals surface area contributed by atoms with Gasteiger partial charge >= 0.3 is 11.9 Å². The van der Waals surface area contributed by atoms with Crippen molar-refractivity contribution in [2.45, 2.75) is 25.9 Å². The predicted octanol–water partition coefficient (Wildman–Crippen LogP) is 1.90. The van der Waals surface area contributed by atoms with Crippen molar-refractivity contribution in [3.63, 3.8) is 0 Å². The molecule has 2 aromatic rings. The van der Waals surface area contributed by atoms with Crippen LogP contribution in [0.15, 0.2) is 60.7 Å². The molecule has 0 aromatic heterocycles. The number of aliphatic carboxylic acids is 2. The molecule has 0 saturated heterocycles. The van der Waals surface area contributed by atoms with Crippen molar-refractivity contribution in [3.05, 3.63) is 71.8 Å². The molecule has 8 nitrogen and oxygen atoms in total. The summed E-state index contributed by atoms with van der Waals surface area (Å²) in [5.41, 5.74) is 1.13. The summed E-state index contributed by atoms with van der Waals surface area (Å²) in [6, 6.07) is 15.2. The van der Waals surface area contributed by atoms with E-state index in [4.69, 9.17) is 10.2 Å². The van der Waals surface area contributed by atoms with E-state index >= 15 is 0 Å². The lowest BCUT2D eigenvalue weighted by Crippen LogP contribution is -2.31. The molecule has 0 unspecified atom stereocenters. The number of carbonyl (C=O) groups is 4. The standard InChI is InChI=1S/2C10H11NO3/c2*1-7(12)11-9(10(13)14)8-5-3-2-4-6-8/h2*2-6,9H,1H3,(H,11,12)(H,13,14)/t2*9-/m10/s1. The number of carboxylic acid groups (broad SMARTS) is 2. The summed E-state index contributed by atoms with van der Waals surface area (Å²) in [4.78, 5) is 43.2. The van der Waals surface area contributed by atoms with Crippen molar-refractivity contribution in [1.82, 2.24) is 10.6 Å². The molecule has 0 aliphatic carbocycles. The third kappa shape index (κ3) is 7.69. The van der Waals surface area contributed by atoms with Gasteiger partial charge in [-0.25, -0.2) is 9.59 Å². The zero-order valence-corrected chi connectivity index (χ0v) is 15.5. The zero-order chi connectivity index (χ0) is 21.1. The number of hydrogen-bond donors (Lipinski definition) is 4. The first-order chi connectivity index (χ1) is 13.2. The number of carbonyl (C=O) groups excluding carboxylic acids is 2. The second-order valence-electron chi connectivity index (χ2n) is 5.76. The smallest absolute Gasteiger partial charge is 0.330 e. The Morgan fingerprint density at radius 3 is 1.14 bits per heavy atom.